The first-order valence-corrected chi connectivity index (χ1v) is 8.13. The van der Waals surface area contributed by atoms with Crippen molar-refractivity contribution in [3.05, 3.63) is 29.3 Å². The van der Waals surface area contributed by atoms with Crippen molar-refractivity contribution >= 4 is 11.6 Å². The Balaban J connectivity index is 2.13. The summed E-state index contributed by atoms with van der Waals surface area (Å²) in [6, 6.07) is 6.25. The molecule has 0 saturated heterocycles. The van der Waals surface area contributed by atoms with Crippen LogP contribution in [0.5, 0.6) is 0 Å². The number of nitrogens with two attached hydrogens (primary N) is 1. The number of carbonyl (C=O) groups is 1. The minimum atomic E-state index is -0.391. The highest BCUT2D eigenvalue weighted by Gasteiger charge is 2.37. The summed E-state index contributed by atoms with van der Waals surface area (Å²) >= 11 is 0. The van der Waals surface area contributed by atoms with Gasteiger partial charge in [0.05, 0.1) is 5.92 Å². The zero-order valence-corrected chi connectivity index (χ0v) is 14.3. The van der Waals surface area contributed by atoms with Crippen LogP contribution in [0, 0.1) is 12.8 Å². The molecule has 2 atom stereocenters. The van der Waals surface area contributed by atoms with Crippen molar-refractivity contribution in [2.24, 2.45) is 11.7 Å². The summed E-state index contributed by atoms with van der Waals surface area (Å²) < 4.78 is 0. The maximum Gasteiger partial charge on any atom is 0.229 e. The number of nitrogens with one attached hydrogen (secondary N) is 1. The molecule has 0 heterocycles. The number of amides is 1. The smallest absolute Gasteiger partial charge is 0.229 e. The van der Waals surface area contributed by atoms with E-state index < -0.39 is 5.54 Å². The molecule has 4 nitrogen and oxygen atoms in total. The molecule has 0 aromatic heterocycles. The van der Waals surface area contributed by atoms with Gasteiger partial charge in [-0.15, -0.1) is 0 Å². The lowest BCUT2D eigenvalue weighted by Gasteiger charge is -2.37. The minimum absolute atomic E-state index is 0.0646. The summed E-state index contributed by atoms with van der Waals surface area (Å²) in [6.07, 6.45) is 4.01. The molecule has 3 N–H and O–H groups in total. The Morgan fingerprint density at radius 2 is 2.14 bits per heavy atom. The van der Waals surface area contributed by atoms with Gasteiger partial charge in [-0.1, -0.05) is 25.0 Å². The van der Waals surface area contributed by atoms with Gasteiger partial charge in [0.25, 0.3) is 0 Å². The topological polar surface area (TPSA) is 58.4 Å². The van der Waals surface area contributed by atoms with E-state index in [4.69, 9.17) is 5.73 Å². The van der Waals surface area contributed by atoms with Gasteiger partial charge >= 0.3 is 0 Å². The lowest BCUT2D eigenvalue weighted by atomic mass is 9.74. The molecular formula is C18H29N3O. The highest BCUT2D eigenvalue weighted by atomic mass is 16.1. The largest absolute Gasteiger partial charge is 0.326 e. The summed E-state index contributed by atoms with van der Waals surface area (Å²) in [7, 11) is 4.08. The van der Waals surface area contributed by atoms with E-state index in [1.54, 1.807) is 0 Å². The second-order valence-corrected chi connectivity index (χ2v) is 7.18. The van der Waals surface area contributed by atoms with Crippen LogP contribution in [-0.2, 0) is 11.3 Å². The van der Waals surface area contributed by atoms with Gasteiger partial charge in [-0.25, -0.2) is 0 Å². The van der Waals surface area contributed by atoms with E-state index in [0.29, 0.717) is 0 Å². The lowest BCUT2D eigenvalue weighted by molar-refractivity contribution is -0.122. The summed E-state index contributed by atoms with van der Waals surface area (Å²) in [5, 5.41) is 3.11. The highest BCUT2D eigenvalue weighted by molar-refractivity contribution is 5.94. The zero-order valence-electron chi connectivity index (χ0n) is 14.3. The van der Waals surface area contributed by atoms with Gasteiger partial charge in [-0.05, 0) is 58.0 Å². The van der Waals surface area contributed by atoms with Crippen LogP contribution in [0.2, 0.25) is 0 Å². The van der Waals surface area contributed by atoms with E-state index in [9.17, 15) is 4.79 Å². The number of rotatable bonds is 4. The molecule has 1 aliphatic rings. The molecule has 0 bridgehead atoms. The molecule has 0 aliphatic heterocycles. The van der Waals surface area contributed by atoms with E-state index in [2.05, 4.69) is 28.4 Å². The number of anilines is 1. The van der Waals surface area contributed by atoms with Gasteiger partial charge < -0.3 is 16.0 Å². The highest BCUT2D eigenvalue weighted by Crippen LogP contribution is 2.32. The molecular weight excluding hydrogens is 274 g/mol. The first kappa shape index (κ1) is 17.0. The molecule has 1 aliphatic carbocycles. The van der Waals surface area contributed by atoms with Crippen LogP contribution in [-0.4, -0.2) is 30.4 Å². The first-order chi connectivity index (χ1) is 10.3. The minimum Gasteiger partial charge on any atom is -0.326 e. The molecule has 2 unspecified atom stereocenters. The molecule has 4 heteroatoms. The maximum absolute atomic E-state index is 12.7. The second-order valence-electron chi connectivity index (χ2n) is 7.18. The number of benzene rings is 1. The average molecular weight is 303 g/mol. The molecule has 0 spiro atoms. The summed E-state index contributed by atoms with van der Waals surface area (Å²) in [4.78, 5) is 14.8. The Morgan fingerprint density at radius 3 is 2.77 bits per heavy atom. The third-order valence-electron chi connectivity index (χ3n) is 4.63. The number of nitrogens with zero attached hydrogens (tertiary/aromatic N) is 1. The average Bonchev–Trinajstić information content (AvgIpc) is 2.41. The van der Waals surface area contributed by atoms with Crippen LogP contribution in [0.15, 0.2) is 18.2 Å². The molecule has 1 fully saturated rings. The Kier molecular flexibility index (Phi) is 5.24. The Bertz CT molecular complexity index is 537. The standard InChI is InChI=1S/C18H29N3O/c1-13-8-9-14(12-21(3)4)11-16(13)20-17(22)15-7-5-6-10-18(15,2)19/h8-9,11,15H,5-7,10,12,19H2,1-4H3,(H,20,22). The third kappa shape index (κ3) is 4.08. The number of aryl methyl sites for hydroxylation is 1. The van der Waals surface area contributed by atoms with Crippen molar-refractivity contribution < 1.29 is 4.79 Å². The van der Waals surface area contributed by atoms with Gasteiger partial charge in [0, 0.05) is 17.8 Å². The fourth-order valence-electron chi connectivity index (χ4n) is 3.28. The van der Waals surface area contributed by atoms with Crippen molar-refractivity contribution in [1.29, 1.82) is 0 Å². The van der Waals surface area contributed by atoms with Crippen molar-refractivity contribution in [2.45, 2.75) is 51.6 Å². The molecule has 22 heavy (non-hydrogen) atoms. The van der Waals surface area contributed by atoms with Gasteiger partial charge in [0.1, 0.15) is 0 Å². The third-order valence-corrected chi connectivity index (χ3v) is 4.63. The van der Waals surface area contributed by atoms with Gasteiger partial charge in [-0.3, -0.25) is 4.79 Å². The summed E-state index contributed by atoms with van der Waals surface area (Å²) in [6.45, 7) is 4.89. The number of carbonyl (C=O) groups excluding carboxylic acids is 1. The van der Waals surface area contributed by atoms with E-state index in [-0.39, 0.29) is 11.8 Å². The van der Waals surface area contributed by atoms with Crippen LogP contribution < -0.4 is 11.1 Å². The van der Waals surface area contributed by atoms with Crippen LogP contribution in [0.4, 0.5) is 5.69 Å². The van der Waals surface area contributed by atoms with Crippen LogP contribution >= 0.6 is 0 Å². The fraction of sp³-hybridized carbons (Fsp3) is 0.611. The molecule has 1 aromatic rings. The molecule has 1 aromatic carbocycles. The fourth-order valence-corrected chi connectivity index (χ4v) is 3.28. The van der Waals surface area contributed by atoms with Crippen molar-refractivity contribution in [3.63, 3.8) is 0 Å². The Morgan fingerprint density at radius 1 is 1.41 bits per heavy atom. The summed E-state index contributed by atoms with van der Waals surface area (Å²) in [5.41, 5.74) is 9.15. The van der Waals surface area contributed by atoms with Crippen molar-refractivity contribution in [3.8, 4) is 0 Å². The Hall–Kier alpha value is -1.39. The summed E-state index contributed by atoms with van der Waals surface area (Å²) in [5.74, 6) is -0.0343. The number of hydrogen-bond acceptors (Lipinski definition) is 3. The van der Waals surface area contributed by atoms with E-state index in [1.807, 2.05) is 27.9 Å². The van der Waals surface area contributed by atoms with Crippen LogP contribution in [0.1, 0.15) is 43.7 Å². The predicted octanol–water partition coefficient (Wildman–Crippen LogP) is 2.90. The van der Waals surface area contributed by atoms with E-state index in [0.717, 1.165) is 43.5 Å². The normalized spacial score (nSPS) is 25.3. The first-order valence-electron chi connectivity index (χ1n) is 8.13. The molecule has 1 amide bonds. The molecule has 122 valence electrons. The zero-order chi connectivity index (χ0) is 16.3. The predicted molar refractivity (Wildman–Crippen MR) is 91.8 cm³/mol. The number of hydrogen-bond donors (Lipinski definition) is 2. The SMILES string of the molecule is Cc1ccc(CN(C)C)cc1NC(=O)C1CCCCC1(C)N. The second kappa shape index (κ2) is 6.80. The van der Waals surface area contributed by atoms with Crippen LogP contribution in [0.25, 0.3) is 0 Å². The van der Waals surface area contributed by atoms with Gasteiger partial charge in [-0.2, -0.15) is 0 Å². The monoisotopic (exact) mass is 303 g/mol. The van der Waals surface area contributed by atoms with Crippen molar-refractivity contribution in [1.82, 2.24) is 4.90 Å². The van der Waals surface area contributed by atoms with Gasteiger partial charge in [0.15, 0.2) is 0 Å². The van der Waals surface area contributed by atoms with Crippen LogP contribution in [0.3, 0.4) is 0 Å². The van der Waals surface area contributed by atoms with Crippen molar-refractivity contribution in [2.75, 3.05) is 19.4 Å². The molecule has 1 saturated carbocycles. The maximum atomic E-state index is 12.7. The van der Waals surface area contributed by atoms with E-state index >= 15 is 0 Å². The lowest BCUT2D eigenvalue weighted by Crippen LogP contribution is -2.51. The van der Waals surface area contributed by atoms with E-state index in [1.165, 1.54) is 5.56 Å². The Labute approximate surface area is 134 Å². The van der Waals surface area contributed by atoms with Gasteiger partial charge in [0.2, 0.25) is 5.91 Å². The molecule has 2 rings (SSSR count). The quantitative estimate of drug-likeness (QED) is 0.899. The molecule has 0 radical (unpaired) electrons.